The summed E-state index contributed by atoms with van der Waals surface area (Å²) in [4.78, 5) is 11.8. The molecule has 1 aromatic carbocycles. The Hall–Kier alpha value is -1.51. The molecular formula is C13H17NO2. The zero-order valence-electron chi connectivity index (χ0n) is 9.44. The monoisotopic (exact) mass is 219 g/mol. The molecule has 0 spiro atoms. The van der Waals surface area contributed by atoms with Crippen molar-refractivity contribution in [3.8, 4) is 5.75 Å². The number of nitrogens with one attached hydrogen (secondary N) is 1. The van der Waals surface area contributed by atoms with Crippen LogP contribution in [0.15, 0.2) is 24.3 Å². The number of carbonyl (C=O) groups excluding carboxylic acids is 1. The smallest absolute Gasteiger partial charge is 0.255 e. The van der Waals surface area contributed by atoms with Crippen molar-refractivity contribution in [3.63, 3.8) is 0 Å². The number of phenols is 1. The minimum absolute atomic E-state index is 0.0424. The predicted octanol–water partition coefficient (Wildman–Crippen LogP) is 2.31. The molecule has 0 heterocycles. The Labute approximate surface area is 95.5 Å². The van der Waals surface area contributed by atoms with Crippen molar-refractivity contribution < 1.29 is 9.90 Å². The molecule has 0 aliphatic heterocycles. The molecule has 1 aromatic rings. The van der Waals surface area contributed by atoms with Crippen LogP contribution in [0.2, 0.25) is 0 Å². The van der Waals surface area contributed by atoms with Crippen LogP contribution in [0.1, 0.15) is 36.5 Å². The molecule has 86 valence electrons. The first-order chi connectivity index (χ1) is 7.68. The van der Waals surface area contributed by atoms with Crippen molar-refractivity contribution in [2.45, 2.75) is 32.2 Å². The van der Waals surface area contributed by atoms with Gasteiger partial charge in [-0.25, -0.2) is 0 Å². The van der Waals surface area contributed by atoms with Crippen LogP contribution in [0.25, 0.3) is 0 Å². The topological polar surface area (TPSA) is 49.3 Å². The van der Waals surface area contributed by atoms with E-state index < -0.39 is 0 Å². The van der Waals surface area contributed by atoms with E-state index in [1.54, 1.807) is 18.2 Å². The molecule has 0 unspecified atom stereocenters. The Morgan fingerprint density at radius 2 is 2.12 bits per heavy atom. The first-order valence-corrected chi connectivity index (χ1v) is 5.77. The van der Waals surface area contributed by atoms with Gasteiger partial charge < -0.3 is 10.4 Å². The highest BCUT2D eigenvalue weighted by molar-refractivity contribution is 5.96. The van der Waals surface area contributed by atoms with E-state index in [0.717, 1.165) is 0 Å². The lowest BCUT2D eigenvalue weighted by atomic mass is 9.80. The first kappa shape index (κ1) is 11.0. The van der Waals surface area contributed by atoms with Crippen molar-refractivity contribution in [2.75, 3.05) is 0 Å². The molecule has 3 nitrogen and oxygen atoms in total. The number of benzene rings is 1. The molecule has 1 amide bonds. The number of rotatable bonds is 3. The Morgan fingerprint density at radius 3 is 2.69 bits per heavy atom. The third kappa shape index (κ3) is 2.18. The lowest BCUT2D eigenvalue weighted by molar-refractivity contribution is 0.0906. The van der Waals surface area contributed by atoms with Gasteiger partial charge in [0.2, 0.25) is 0 Å². The molecular weight excluding hydrogens is 202 g/mol. The molecule has 3 heteroatoms. The van der Waals surface area contributed by atoms with Gasteiger partial charge in [0.25, 0.3) is 5.91 Å². The van der Waals surface area contributed by atoms with Gasteiger partial charge in [-0.15, -0.1) is 0 Å². The van der Waals surface area contributed by atoms with Crippen LogP contribution in [0.5, 0.6) is 5.75 Å². The average molecular weight is 219 g/mol. The summed E-state index contributed by atoms with van der Waals surface area (Å²) in [6.45, 7) is 2.03. The number of para-hydroxylation sites is 1. The van der Waals surface area contributed by atoms with Gasteiger partial charge in [-0.2, -0.15) is 0 Å². The summed E-state index contributed by atoms with van der Waals surface area (Å²) < 4.78 is 0. The molecule has 16 heavy (non-hydrogen) atoms. The molecule has 1 aliphatic rings. The van der Waals surface area contributed by atoms with Crippen LogP contribution in [0.4, 0.5) is 0 Å². The Morgan fingerprint density at radius 1 is 1.44 bits per heavy atom. The third-order valence-electron chi connectivity index (χ3n) is 3.36. The van der Waals surface area contributed by atoms with E-state index in [2.05, 4.69) is 5.32 Å². The Bertz CT molecular complexity index is 385. The Balaban J connectivity index is 2.00. The van der Waals surface area contributed by atoms with Crippen LogP contribution in [-0.4, -0.2) is 17.1 Å². The molecule has 1 fully saturated rings. The highest BCUT2D eigenvalue weighted by Gasteiger charge is 2.25. The molecule has 1 aliphatic carbocycles. The van der Waals surface area contributed by atoms with Crippen molar-refractivity contribution in [1.82, 2.24) is 5.32 Å². The van der Waals surface area contributed by atoms with Gasteiger partial charge in [0.1, 0.15) is 5.75 Å². The minimum atomic E-state index is -0.183. The molecule has 0 aromatic heterocycles. The molecule has 2 rings (SSSR count). The van der Waals surface area contributed by atoms with E-state index in [1.807, 2.05) is 6.92 Å². The van der Waals surface area contributed by atoms with Crippen molar-refractivity contribution in [3.05, 3.63) is 29.8 Å². The number of hydrogen-bond acceptors (Lipinski definition) is 2. The van der Waals surface area contributed by atoms with Crippen molar-refractivity contribution in [1.29, 1.82) is 0 Å². The quantitative estimate of drug-likeness (QED) is 0.819. The summed E-state index contributed by atoms with van der Waals surface area (Å²) in [5.74, 6) is 0.466. The van der Waals surface area contributed by atoms with Gasteiger partial charge in [-0.1, -0.05) is 18.6 Å². The van der Waals surface area contributed by atoms with Crippen LogP contribution >= 0.6 is 0 Å². The Kier molecular flexibility index (Phi) is 3.13. The highest BCUT2D eigenvalue weighted by atomic mass is 16.3. The average Bonchev–Trinajstić information content (AvgIpc) is 2.15. The summed E-state index contributed by atoms with van der Waals surface area (Å²) >= 11 is 0. The summed E-state index contributed by atoms with van der Waals surface area (Å²) in [6.07, 6.45) is 3.66. The van der Waals surface area contributed by atoms with Gasteiger partial charge >= 0.3 is 0 Å². The fourth-order valence-electron chi connectivity index (χ4n) is 2.01. The second kappa shape index (κ2) is 4.56. The van der Waals surface area contributed by atoms with Gasteiger partial charge in [0.05, 0.1) is 5.56 Å². The molecule has 0 saturated heterocycles. The summed E-state index contributed by atoms with van der Waals surface area (Å²) in [5, 5.41) is 12.5. The summed E-state index contributed by atoms with van der Waals surface area (Å²) in [7, 11) is 0. The van der Waals surface area contributed by atoms with E-state index in [-0.39, 0.29) is 17.7 Å². The van der Waals surface area contributed by atoms with E-state index in [9.17, 15) is 9.90 Å². The first-order valence-electron chi connectivity index (χ1n) is 5.77. The number of aromatic hydroxyl groups is 1. The second-order valence-electron chi connectivity index (χ2n) is 4.47. The maximum atomic E-state index is 11.8. The van der Waals surface area contributed by atoms with Gasteiger partial charge in [0, 0.05) is 6.04 Å². The molecule has 1 saturated carbocycles. The predicted molar refractivity (Wildman–Crippen MR) is 62.4 cm³/mol. The molecule has 0 radical (unpaired) electrons. The fraction of sp³-hybridized carbons (Fsp3) is 0.462. The zero-order valence-corrected chi connectivity index (χ0v) is 9.44. The second-order valence-corrected chi connectivity index (χ2v) is 4.47. The maximum Gasteiger partial charge on any atom is 0.255 e. The standard InChI is InChI=1S/C13H17NO2/c1-9(10-5-4-6-10)14-13(16)11-7-2-3-8-12(11)15/h2-3,7-10,15H,4-6H2,1H3,(H,14,16)/t9-/m1/s1. The fourth-order valence-corrected chi connectivity index (χ4v) is 2.01. The highest BCUT2D eigenvalue weighted by Crippen LogP contribution is 2.29. The van der Waals surface area contributed by atoms with Crippen molar-refractivity contribution in [2.24, 2.45) is 5.92 Å². The van der Waals surface area contributed by atoms with Crippen LogP contribution in [0, 0.1) is 5.92 Å². The van der Waals surface area contributed by atoms with Gasteiger partial charge in [-0.3, -0.25) is 4.79 Å². The molecule has 0 bridgehead atoms. The van der Waals surface area contributed by atoms with E-state index >= 15 is 0 Å². The zero-order chi connectivity index (χ0) is 11.5. The van der Waals surface area contributed by atoms with Gasteiger partial charge in [0.15, 0.2) is 0 Å². The van der Waals surface area contributed by atoms with Crippen LogP contribution in [0.3, 0.4) is 0 Å². The van der Waals surface area contributed by atoms with Crippen LogP contribution in [-0.2, 0) is 0 Å². The summed E-state index contributed by atoms with van der Waals surface area (Å²) in [5.41, 5.74) is 0.355. The van der Waals surface area contributed by atoms with E-state index in [4.69, 9.17) is 0 Å². The summed E-state index contributed by atoms with van der Waals surface area (Å²) in [6, 6.07) is 6.83. The number of carbonyl (C=O) groups is 1. The lowest BCUT2D eigenvalue weighted by Gasteiger charge is -2.31. The minimum Gasteiger partial charge on any atom is -0.507 e. The SMILES string of the molecule is C[C@@H](NC(=O)c1ccccc1O)C1CCC1. The van der Waals surface area contributed by atoms with Crippen LogP contribution < -0.4 is 5.32 Å². The van der Waals surface area contributed by atoms with E-state index in [0.29, 0.717) is 11.5 Å². The van der Waals surface area contributed by atoms with Crippen molar-refractivity contribution >= 4 is 5.91 Å². The third-order valence-corrected chi connectivity index (χ3v) is 3.36. The number of hydrogen-bond donors (Lipinski definition) is 2. The number of phenolic OH excluding ortho intramolecular Hbond substituents is 1. The van der Waals surface area contributed by atoms with E-state index in [1.165, 1.54) is 25.3 Å². The lowest BCUT2D eigenvalue weighted by Crippen LogP contribution is -2.40. The maximum absolute atomic E-state index is 11.8. The molecule has 1 atom stereocenters. The number of amides is 1. The normalized spacial score (nSPS) is 17.6. The molecule has 2 N–H and O–H groups in total. The largest absolute Gasteiger partial charge is 0.507 e. The van der Waals surface area contributed by atoms with Gasteiger partial charge in [-0.05, 0) is 37.8 Å².